The van der Waals surface area contributed by atoms with Crippen LogP contribution in [0, 0.1) is 5.82 Å². The topological polar surface area (TPSA) is 61.4 Å². The molecule has 0 aliphatic heterocycles. The number of carbonyl (C=O) groups excluding carboxylic acids is 1. The number of benzene rings is 2. The fraction of sp³-hybridized carbons (Fsp3) is 0.350. The van der Waals surface area contributed by atoms with Gasteiger partial charge in [-0.3, -0.25) is 10.1 Å². The third kappa shape index (κ3) is 3.72. The zero-order valence-corrected chi connectivity index (χ0v) is 14.3. The third-order valence-corrected chi connectivity index (χ3v) is 4.96. The highest BCUT2D eigenvalue weighted by Crippen LogP contribution is 2.36. The molecule has 1 amide bonds. The van der Waals surface area contributed by atoms with Gasteiger partial charge in [-0.2, -0.15) is 0 Å². The van der Waals surface area contributed by atoms with Gasteiger partial charge in [0, 0.05) is 0 Å². The molecule has 4 nitrogen and oxygen atoms in total. The van der Waals surface area contributed by atoms with E-state index in [1.165, 1.54) is 17.7 Å². The first kappa shape index (κ1) is 17.6. The van der Waals surface area contributed by atoms with Gasteiger partial charge in [-0.15, -0.1) is 0 Å². The number of aryl methyl sites for hydroxylation is 1. The maximum atomic E-state index is 13.0. The van der Waals surface area contributed by atoms with E-state index in [0.29, 0.717) is 0 Å². The van der Waals surface area contributed by atoms with Crippen molar-refractivity contribution in [3.05, 3.63) is 71.0 Å². The van der Waals surface area contributed by atoms with Crippen LogP contribution in [0.25, 0.3) is 0 Å². The molecular weight excluding hydrogens is 319 g/mol. The number of nitrogens with one attached hydrogen (secondary N) is 2. The van der Waals surface area contributed by atoms with E-state index in [4.69, 9.17) is 0 Å². The second-order valence-corrected chi connectivity index (χ2v) is 6.59. The molecule has 0 saturated carbocycles. The summed E-state index contributed by atoms with van der Waals surface area (Å²) in [4.78, 5) is 12.3. The highest BCUT2D eigenvalue weighted by molar-refractivity contribution is 5.78. The van der Waals surface area contributed by atoms with Gasteiger partial charge in [0.05, 0.1) is 24.7 Å². The first-order valence-electron chi connectivity index (χ1n) is 8.53. The molecule has 3 rings (SSSR count). The number of aliphatic hydroxyl groups is 1. The van der Waals surface area contributed by atoms with Crippen molar-refractivity contribution in [3.8, 4) is 0 Å². The van der Waals surface area contributed by atoms with Crippen molar-refractivity contribution in [1.82, 2.24) is 10.6 Å². The summed E-state index contributed by atoms with van der Waals surface area (Å²) in [6.45, 7) is 1.92. The van der Waals surface area contributed by atoms with Crippen molar-refractivity contribution >= 4 is 5.91 Å². The van der Waals surface area contributed by atoms with Crippen LogP contribution in [0.15, 0.2) is 48.5 Å². The maximum Gasteiger partial charge on any atom is 0.234 e. The van der Waals surface area contributed by atoms with E-state index in [1.54, 1.807) is 12.1 Å². The van der Waals surface area contributed by atoms with E-state index in [1.807, 2.05) is 25.1 Å². The Kier molecular flexibility index (Phi) is 5.16. The van der Waals surface area contributed by atoms with Crippen molar-refractivity contribution in [2.75, 3.05) is 13.2 Å². The molecule has 0 bridgehead atoms. The van der Waals surface area contributed by atoms with Gasteiger partial charge >= 0.3 is 0 Å². The molecule has 0 aromatic heterocycles. The van der Waals surface area contributed by atoms with Crippen molar-refractivity contribution in [2.24, 2.45) is 0 Å². The smallest absolute Gasteiger partial charge is 0.234 e. The van der Waals surface area contributed by atoms with Crippen LogP contribution in [0.1, 0.15) is 36.1 Å². The maximum absolute atomic E-state index is 13.0. The van der Waals surface area contributed by atoms with Gasteiger partial charge in [-0.05, 0) is 48.6 Å². The minimum atomic E-state index is -0.562. The largest absolute Gasteiger partial charge is 0.394 e. The Morgan fingerprint density at radius 1 is 1.24 bits per heavy atom. The molecule has 132 valence electrons. The Morgan fingerprint density at radius 3 is 2.68 bits per heavy atom. The zero-order valence-electron chi connectivity index (χ0n) is 14.3. The van der Waals surface area contributed by atoms with Crippen LogP contribution in [0.5, 0.6) is 0 Å². The van der Waals surface area contributed by atoms with Gasteiger partial charge in [0.15, 0.2) is 0 Å². The van der Waals surface area contributed by atoms with Crippen LogP contribution in [-0.4, -0.2) is 24.2 Å². The van der Waals surface area contributed by atoms with E-state index in [0.717, 1.165) is 24.0 Å². The van der Waals surface area contributed by atoms with Crippen molar-refractivity contribution in [3.63, 3.8) is 0 Å². The van der Waals surface area contributed by atoms with E-state index >= 15 is 0 Å². The van der Waals surface area contributed by atoms with Gasteiger partial charge in [-0.25, -0.2) is 4.39 Å². The van der Waals surface area contributed by atoms with Crippen molar-refractivity contribution in [2.45, 2.75) is 31.3 Å². The van der Waals surface area contributed by atoms with Crippen LogP contribution in [0.4, 0.5) is 4.39 Å². The predicted molar refractivity (Wildman–Crippen MR) is 94.5 cm³/mol. The molecule has 0 saturated heterocycles. The summed E-state index contributed by atoms with van der Waals surface area (Å²) < 4.78 is 13.0. The second kappa shape index (κ2) is 7.33. The van der Waals surface area contributed by atoms with Gasteiger partial charge in [-0.1, -0.05) is 36.4 Å². The number of aliphatic hydroxyl groups excluding tert-OH is 1. The number of halogens is 1. The molecule has 0 fully saturated rings. The van der Waals surface area contributed by atoms with Crippen molar-refractivity contribution in [1.29, 1.82) is 0 Å². The van der Waals surface area contributed by atoms with Gasteiger partial charge in [0.2, 0.25) is 5.91 Å². The van der Waals surface area contributed by atoms with Crippen LogP contribution < -0.4 is 10.6 Å². The zero-order chi connectivity index (χ0) is 17.9. The Morgan fingerprint density at radius 2 is 1.96 bits per heavy atom. The molecule has 0 heterocycles. The lowest BCUT2D eigenvalue weighted by Gasteiger charge is -2.30. The van der Waals surface area contributed by atoms with Gasteiger partial charge in [0.1, 0.15) is 5.82 Å². The molecule has 2 atom stereocenters. The van der Waals surface area contributed by atoms with Crippen LogP contribution >= 0.6 is 0 Å². The lowest BCUT2D eigenvalue weighted by Crippen LogP contribution is -2.48. The fourth-order valence-electron chi connectivity index (χ4n) is 3.47. The molecule has 1 aliphatic rings. The number of hydrogen-bond donors (Lipinski definition) is 3. The summed E-state index contributed by atoms with van der Waals surface area (Å²) in [5.74, 6) is -0.456. The summed E-state index contributed by atoms with van der Waals surface area (Å²) in [5.41, 5.74) is 2.56. The summed E-state index contributed by atoms with van der Waals surface area (Å²) >= 11 is 0. The predicted octanol–water partition coefficient (Wildman–Crippen LogP) is 2.43. The van der Waals surface area contributed by atoms with E-state index in [2.05, 4.69) is 16.7 Å². The Labute approximate surface area is 147 Å². The molecule has 25 heavy (non-hydrogen) atoms. The number of rotatable bonds is 6. The quantitative estimate of drug-likeness (QED) is 0.756. The van der Waals surface area contributed by atoms with Crippen LogP contribution in [0.3, 0.4) is 0 Å². The SMILES string of the molecule is CC(NC(=O)CNC1(CO)CCc2ccccc21)c1ccc(F)cc1. The average molecular weight is 342 g/mol. The lowest BCUT2D eigenvalue weighted by atomic mass is 9.92. The number of carbonyl (C=O) groups is 1. The standard InChI is InChI=1S/C20H23FN2O2/c1-14(15-6-8-17(21)9-7-15)23-19(25)12-22-20(13-24)11-10-16-4-2-3-5-18(16)20/h2-9,14,22,24H,10-13H2,1H3,(H,23,25). The summed E-state index contributed by atoms with van der Waals surface area (Å²) in [5, 5.41) is 16.1. The highest BCUT2D eigenvalue weighted by atomic mass is 19.1. The minimum Gasteiger partial charge on any atom is -0.394 e. The molecule has 1 aliphatic carbocycles. The lowest BCUT2D eigenvalue weighted by molar-refractivity contribution is -0.121. The Hall–Kier alpha value is -2.24. The second-order valence-electron chi connectivity index (χ2n) is 6.59. The third-order valence-electron chi connectivity index (χ3n) is 4.96. The summed E-state index contributed by atoms with van der Waals surface area (Å²) in [7, 11) is 0. The molecule has 2 unspecified atom stereocenters. The van der Waals surface area contributed by atoms with E-state index in [-0.39, 0.29) is 30.9 Å². The van der Waals surface area contributed by atoms with Crippen LogP contribution in [0.2, 0.25) is 0 Å². The molecule has 5 heteroatoms. The summed E-state index contributed by atoms with van der Waals surface area (Å²) in [6.07, 6.45) is 1.65. The Bertz CT molecular complexity index is 748. The fourth-order valence-corrected chi connectivity index (χ4v) is 3.47. The van der Waals surface area contributed by atoms with Gasteiger partial charge < -0.3 is 10.4 Å². The molecule has 0 spiro atoms. The molecule has 2 aromatic carbocycles. The highest BCUT2D eigenvalue weighted by Gasteiger charge is 2.37. The normalized spacial score (nSPS) is 20.1. The summed E-state index contributed by atoms with van der Waals surface area (Å²) in [6, 6.07) is 13.9. The Balaban J connectivity index is 1.61. The first-order chi connectivity index (χ1) is 12.0. The number of hydrogen-bond acceptors (Lipinski definition) is 3. The molecule has 3 N–H and O–H groups in total. The van der Waals surface area contributed by atoms with E-state index < -0.39 is 5.54 Å². The number of amides is 1. The molecule has 2 aromatic rings. The van der Waals surface area contributed by atoms with Crippen molar-refractivity contribution < 1.29 is 14.3 Å². The van der Waals surface area contributed by atoms with Crippen LogP contribution in [-0.2, 0) is 16.8 Å². The monoisotopic (exact) mass is 342 g/mol. The van der Waals surface area contributed by atoms with E-state index in [9.17, 15) is 14.3 Å². The average Bonchev–Trinajstić information content (AvgIpc) is 3.00. The van der Waals surface area contributed by atoms with Gasteiger partial charge in [0.25, 0.3) is 0 Å². The molecular formula is C20H23FN2O2. The molecule has 0 radical (unpaired) electrons. The minimum absolute atomic E-state index is 0.0508. The first-order valence-corrected chi connectivity index (χ1v) is 8.53. The number of fused-ring (bicyclic) bond motifs is 1.